The number of carbonyl (C=O) groups is 1. The number of ether oxygens (including phenoxy) is 1. The van der Waals surface area contributed by atoms with Crippen molar-refractivity contribution < 1.29 is 14.6 Å². The molecule has 0 fully saturated rings. The van der Waals surface area contributed by atoms with Crippen molar-refractivity contribution in [1.82, 2.24) is 4.57 Å². The molecule has 1 aromatic heterocycles. The van der Waals surface area contributed by atoms with E-state index < -0.39 is 17.0 Å². The fraction of sp³-hybridized carbons (Fsp3) is 0.333. The van der Waals surface area contributed by atoms with Gasteiger partial charge in [0, 0.05) is 18.9 Å². The number of aliphatic carboxylic acids is 1. The lowest BCUT2D eigenvalue weighted by Crippen LogP contribution is -2.34. The Morgan fingerprint density at radius 2 is 2.04 bits per heavy atom. The number of aromatic nitrogens is 1. The minimum Gasteiger partial charge on any atom is -0.482 e. The van der Waals surface area contributed by atoms with Gasteiger partial charge >= 0.3 is 5.97 Å². The van der Waals surface area contributed by atoms with Crippen LogP contribution in [0, 0.1) is 5.41 Å². The Morgan fingerprint density at radius 3 is 2.73 bits per heavy atom. The topological polar surface area (TPSA) is 68.5 Å². The van der Waals surface area contributed by atoms with Gasteiger partial charge in [-0.1, -0.05) is 24.3 Å². The van der Waals surface area contributed by atoms with Gasteiger partial charge in [0.25, 0.3) is 5.56 Å². The fourth-order valence-electron chi connectivity index (χ4n) is 3.04. The molecule has 1 aliphatic rings. The Bertz CT molecular complexity index is 997. The molecule has 0 aliphatic carbocycles. The van der Waals surface area contributed by atoms with E-state index in [0.29, 0.717) is 17.7 Å². The standard InChI is InChI=1S/C21H23NO4/c1-20(2,19(24)25)11-7-12-21(3)13-10-15-17(26-21)14-8-5-6-9-16(14)22(4)18(15)23/h5-11,13H,12H2,1-4H3,(H,24,25)/b11-7+. The first-order chi connectivity index (χ1) is 12.1. The van der Waals surface area contributed by atoms with Gasteiger partial charge < -0.3 is 14.4 Å². The average Bonchev–Trinajstić information content (AvgIpc) is 2.59. The van der Waals surface area contributed by atoms with Crippen LogP contribution in [0.25, 0.3) is 17.0 Å². The summed E-state index contributed by atoms with van der Waals surface area (Å²) in [5, 5.41) is 10.1. The maximum atomic E-state index is 12.6. The molecule has 3 rings (SSSR count). The Kier molecular flexibility index (Phi) is 4.26. The second-order valence-corrected chi connectivity index (χ2v) is 7.51. The zero-order valence-corrected chi connectivity index (χ0v) is 15.4. The van der Waals surface area contributed by atoms with Crippen LogP contribution >= 0.6 is 0 Å². The second-order valence-electron chi connectivity index (χ2n) is 7.51. The predicted octanol–water partition coefficient (Wildman–Crippen LogP) is 3.76. The van der Waals surface area contributed by atoms with Gasteiger partial charge in [0.1, 0.15) is 11.4 Å². The highest BCUT2D eigenvalue weighted by atomic mass is 16.5. The van der Waals surface area contributed by atoms with Crippen molar-refractivity contribution in [2.45, 2.75) is 32.8 Å². The third kappa shape index (κ3) is 3.05. The number of pyridine rings is 1. The number of benzene rings is 1. The Hall–Kier alpha value is -2.82. The number of rotatable bonds is 4. The highest BCUT2D eigenvalue weighted by Crippen LogP contribution is 2.36. The molecule has 136 valence electrons. The van der Waals surface area contributed by atoms with Crippen molar-refractivity contribution in [3.63, 3.8) is 0 Å². The molecular formula is C21H23NO4. The first kappa shape index (κ1) is 18.0. The number of hydrogen-bond donors (Lipinski definition) is 1. The highest BCUT2D eigenvalue weighted by molar-refractivity contribution is 5.89. The first-order valence-electron chi connectivity index (χ1n) is 8.56. The van der Waals surface area contributed by atoms with E-state index in [9.17, 15) is 14.7 Å². The van der Waals surface area contributed by atoms with Crippen molar-refractivity contribution >= 4 is 22.9 Å². The third-order valence-corrected chi connectivity index (χ3v) is 4.84. The van der Waals surface area contributed by atoms with Crippen LogP contribution in [0.5, 0.6) is 5.75 Å². The molecule has 0 saturated carbocycles. The van der Waals surface area contributed by atoms with Gasteiger partial charge in [-0.15, -0.1) is 0 Å². The number of carboxylic acid groups (broad SMARTS) is 1. The van der Waals surface area contributed by atoms with E-state index in [2.05, 4.69) is 0 Å². The molecule has 0 spiro atoms. The second kappa shape index (κ2) is 6.16. The molecule has 2 heterocycles. The summed E-state index contributed by atoms with van der Waals surface area (Å²) in [6, 6.07) is 7.64. The number of carboxylic acids is 1. The molecule has 0 saturated heterocycles. The van der Waals surface area contributed by atoms with Gasteiger partial charge in [-0.3, -0.25) is 9.59 Å². The van der Waals surface area contributed by atoms with Gasteiger partial charge in [-0.25, -0.2) is 0 Å². The normalized spacial score (nSPS) is 19.5. The van der Waals surface area contributed by atoms with Crippen molar-refractivity contribution in [3.8, 4) is 5.75 Å². The number of hydrogen-bond acceptors (Lipinski definition) is 3. The van der Waals surface area contributed by atoms with Gasteiger partial charge in [0.05, 0.1) is 16.5 Å². The first-order valence-corrected chi connectivity index (χ1v) is 8.56. The molecule has 1 aromatic carbocycles. The predicted molar refractivity (Wildman–Crippen MR) is 102 cm³/mol. The Morgan fingerprint density at radius 1 is 1.35 bits per heavy atom. The van der Waals surface area contributed by atoms with Gasteiger partial charge in [-0.2, -0.15) is 0 Å². The summed E-state index contributed by atoms with van der Waals surface area (Å²) >= 11 is 0. The largest absolute Gasteiger partial charge is 0.482 e. The molecule has 26 heavy (non-hydrogen) atoms. The van der Waals surface area contributed by atoms with Gasteiger partial charge in [-0.05, 0) is 45.1 Å². The molecule has 1 atom stereocenters. The summed E-state index contributed by atoms with van der Waals surface area (Å²) in [5.74, 6) is -0.293. The van der Waals surface area contributed by atoms with Crippen LogP contribution in [-0.2, 0) is 11.8 Å². The molecule has 5 heteroatoms. The SMILES string of the molecule is Cn1c(=O)c2c(c3ccccc31)OC(C)(C/C=C/C(C)(C)C(=O)O)C=C2. The van der Waals surface area contributed by atoms with Crippen LogP contribution < -0.4 is 10.3 Å². The maximum absolute atomic E-state index is 12.6. The fourth-order valence-corrected chi connectivity index (χ4v) is 3.04. The summed E-state index contributed by atoms with van der Waals surface area (Å²) in [5.41, 5.74) is -0.322. The van der Waals surface area contributed by atoms with Crippen LogP contribution in [0.3, 0.4) is 0 Å². The number of para-hydroxylation sites is 1. The molecule has 1 unspecified atom stereocenters. The molecule has 2 aromatic rings. The number of aryl methyl sites for hydroxylation is 1. The molecule has 0 amide bonds. The van der Waals surface area contributed by atoms with Crippen LogP contribution in [0.1, 0.15) is 32.8 Å². The smallest absolute Gasteiger partial charge is 0.312 e. The van der Waals surface area contributed by atoms with E-state index in [1.807, 2.05) is 49.4 Å². The van der Waals surface area contributed by atoms with E-state index in [0.717, 1.165) is 10.9 Å². The van der Waals surface area contributed by atoms with E-state index in [1.165, 1.54) is 0 Å². The van der Waals surface area contributed by atoms with Gasteiger partial charge in [0.15, 0.2) is 0 Å². The Balaban J connectivity index is 1.99. The van der Waals surface area contributed by atoms with Crippen molar-refractivity contribution in [2.24, 2.45) is 12.5 Å². The monoisotopic (exact) mass is 353 g/mol. The summed E-state index contributed by atoms with van der Waals surface area (Å²) in [6.07, 6.45) is 7.68. The maximum Gasteiger partial charge on any atom is 0.312 e. The van der Waals surface area contributed by atoms with E-state index >= 15 is 0 Å². The van der Waals surface area contributed by atoms with Crippen LogP contribution in [0.15, 0.2) is 47.3 Å². The lowest BCUT2D eigenvalue weighted by molar-refractivity contribution is -0.144. The van der Waals surface area contributed by atoms with Crippen LogP contribution in [0.2, 0.25) is 0 Å². The summed E-state index contributed by atoms with van der Waals surface area (Å²) in [4.78, 5) is 23.8. The van der Waals surface area contributed by atoms with E-state index in [1.54, 1.807) is 31.5 Å². The molecule has 0 bridgehead atoms. The average molecular weight is 353 g/mol. The molecule has 5 nitrogen and oxygen atoms in total. The lowest BCUT2D eigenvalue weighted by atomic mass is 9.90. The zero-order valence-electron chi connectivity index (χ0n) is 15.4. The van der Waals surface area contributed by atoms with Gasteiger partial charge in [0.2, 0.25) is 0 Å². The lowest BCUT2D eigenvalue weighted by Gasteiger charge is -2.32. The molecule has 1 N–H and O–H groups in total. The van der Waals surface area contributed by atoms with E-state index in [4.69, 9.17) is 4.74 Å². The molecule has 0 radical (unpaired) electrons. The molecule has 1 aliphatic heterocycles. The third-order valence-electron chi connectivity index (χ3n) is 4.84. The minimum atomic E-state index is -0.935. The molecular weight excluding hydrogens is 330 g/mol. The van der Waals surface area contributed by atoms with Crippen molar-refractivity contribution in [3.05, 3.63) is 58.4 Å². The number of fused-ring (bicyclic) bond motifs is 3. The summed E-state index contributed by atoms with van der Waals surface area (Å²) < 4.78 is 7.87. The highest BCUT2D eigenvalue weighted by Gasteiger charge is 2.30. The van der Waals surface area contributed by atoms with Crippen molar-refractivity contribution in [2.75, 3.05) is 0 Å². The minimum absolute atomic E-state index is 0.0976. The zero-order chi connectivity index (χ0) is 19.1. The van der Waals surface area contributed by atoms with E-state index in [-0.39, 0.29) is 5.56 Å². The number of nitrogens with zero attached hydrogens (tertiary/aromatic N) is 1. The van der Waals surface area contributed by atoms with Crippen molar-refractivity contribution in [1.29, 1.82) is 0 Å². The quantitative estimate of drug-likeness (QED) is 0.850. The summed E-state index contributed by atoms with van der Waals surface area (Å²) in [6.45, 7) is 5.23. The summed E-state index contributed by atoms with van der Waals surface area (Å²) in [7, 11) is 1.75. The van der Waals surface area contributed by atoms with Crippen LogP contribution in [0.4, 0.5) is 0 Å². The Labute approximate surface area is 152 Å². The van der Waals surface area contributed by atoms with Crippen LogP contribution in [-0.4, -0.2) is 21.2 Å².